The van der Waals surface area contributed by atoms with Gasteiger partial charge in [0.25, 0.3) is 0 Å². The van der Waals surface area contributed by atoms with E-state index < -0.39 is 0 Å². The summed E-state index contributed by atoms with van der Waals surface area (Å²) in [4.78, 5) is 8.35. The Balaban J connectivity index is 1.20. The summed E-state index contributed by atoms with van der Waals surface area (Å²) in [6.45, 7) is 8.40. The molecule has 128 valence electrons. The molecule has 0 aliphatic carbocycles. The monoisotopic (exact) mass is 354 g/mol. The van der Waals surface area contributed by atoms with Crippen LogP contribution in [-0.4, -0.2) is 59.4 Å². The van der Waals surface area contributed by atoms with E-state index >= 15 is 0 Å². The molecule has 0 unspecified atom stereocenters. The molecule has 3 saturated heterocycles. The zero-order chi connectivity index (χ0) is 15.7. The maximum Gasteiger partial charge on any atom is 0.0798 e. The summed E-state index contributed by atoms with van der Waals surface area (Å²) in [6.07, 6.45) is 4.05. The lowest BCUT2D eigenvalue weighted by Crippen LogP contribution is -2.58. The summed E-state index contributed by atoms with van der Waals surface area (Å²) in [5, 5.41) is 0. The SMILES string of the molecule is Cc1ncsc1CN1CC2(C[C@H](OCC3CCOCC3)CS2)C1. The van der Waals surface area contributed by atoms with Crippen molar-refractivity contribution in [1.29, 1.82) is 0 Å². The average Bonchev–Trinajstić information content (AvgIpc) is 3.13. The minimum atomic E-state index is 0.468. The molecule has 4 rings (SSSR count). The number of thiazole rings is 1. The number of thioether (sulfide) groups is 1. The molecule has 0 bridgehead atoms. The van der Waals surface area contributed by atoms with Crippen molar-refractivity contribution in [3.05, 3.63) is 16.1 Å². The van der Waals surface area contributed by atoms with Gasteiger partial charge in [-0.25, -0.2) is 4.98 Å². The number of nitrogens with zero attached hydrogens (tertiary/aromatic N) is 2. The first kappa shape index (κ1) is 16.3. The summed E-state index contributed by atoms with van der Waals surface area (Å²) in [6, 6.07) is 0. The molecule has 3 fully saturated rings. The molecule has 23 heavy (non-hydrogen) atoms. The molecule has 1 aromatic heterocycles. The van der Waals surface area contributed by atoms with Crippen molar-refractivity contribution < 1.29 is 9.47 Å². The van der Waals surface area contributed by atoms with Gasteiger partial charge in [0, 0.05) is 54.8 Å². The van der Waals surface area contributed by atoms with Crippen molar-refractivity contribution in [2.75, 3.05) is 38.7 Å². The number of aryl methyl sites for hydroxylation is 1. The third-order valence-electron chi connectivity index (χ3n) is 5.32. The molecule has 1 spiro atoms. The van der Waals surface area contributed by atoms with E-state index in [9.17, 15) is 0 Å². The molecule has 3 aliphatic rings. The Kier molecular flexibility index (Phi) is 4.97. The Hall–Kier alpha value is -0.140. The summed E-state index contributed by atoms with van der Waals surface area (Å²) in [7, 11) is 0. The Morgan fingerprint density at radius 2 is 2.22 bits per heavy atom. The van der Waals surface area contributed by atoms with Crippen molar-refractivity contribution in [2.24, 2.45) is 5.92 Å². The van der Waals surface area contributed by atoms with Gasteiger partial charge < -0.3 is 9.47 Å². The number of hydrogen-bond acceptors (Lipinski definition) is 6. The first-order chi connectivity index (χ1) is 11.2. The largest absolute Gasteiger partial charge is 0.381 e. The first-order valence-electron chi connectivity index (χ1n) is 8.67. The molecule has 0 N–H and O–H groups in total. The first-order valence-corrected chi connectivity index (χ1v) is 10.5. The lowest BCUT2D eigenvalue weighted by Gasteiger charge is -2.47. The lowest BCUT2D eigenvalue weighted by molar-refractivity contribution is -0.0132. The van der Waals surface area contributed by atoms with Crippen LogP contribution in [0.5, 0.6) is 0 Å². The summed E-state index contributed by atoms with van der Waals surface area (Å²) in [5.74, 6) is 1.90. The highest BCUT2D eigenvalue weighted by molar-refractivity contribution is 8.01. The molecular weight excluding hydrogens is 328 g/mol. The highest BCUT2D eigenvalue weighted by Crippen LogP contribution is 2.46. The van der Waals surface area contributed by atoms with Crippen LogP contribution in [0.1, 0.15) is 29.8 Å². The van der Waals surface area contributed by atoms with Crippen LogP contribution in [0.25, 0.3) is 0 Å². The van der Waals surface area contributed by atoms with Crippen molar-refractivity contribution >= 4 is 23.1 Å². The van der Waals surface area contributed by atoms with Gasteiger partial charge in [0.15, 0.2) is 0 Å². The minimum Gasteiger partial charge on any atom is -0.381 e. The number of rotatable bonds is 5. The van der Waals surface area contributed by atoms with Crippen LogP contribution in [0.3, 0.4) is 0 Å². The molecule has 3 aliphatic heterocycles. The van der Waals surface area contributed by atoms with Gasteiger partial charge in [0.05, 0.1) is 17.3 Å². The van der Waals surface area contributed by atoms with Gasteiger partial charge in [-0.3, -0.25) is 4.90 Å². The predicted octanol–water partition coefficient (Wildman–Crippen LogP) is 2.95. The third-order valence-corrected chi connectivity index (χ3v) is 7.81. The van der Waals surface area contributed by atoms with E-state index in [0.29, 0.717) is 10.9 Å². The Morgan fingerprint density at radius 3 is 2.96 bits per heavy atom. The van der Waals surface area contributed by atoms with Crippen molar-refractivity contribution in [3.63, 3.8) is 0 Å². The molecule has 0 aromatic carbocycles. The topological polar surface area (TPSA) is 34.6 Å². The van der Waals surface area contributed by atoms with Crippen LogP contribution >= 0.6 is 23.1 Å². The smallest absolute Gasteiger partial charge is 0.0798 e. The van der Waals surface area contributed by atoms with Crippen LogP contribution < -0.4 is 0 Å². The van der Waals surface area contributed by atoms with Gasteiger partial charge in [-0.2, -0.15) is 0 Å². The minimum absolute atomic E-state index is 0.468. The number of likely N-dealkylation sites (tertiary alicyclic amines) is 1. The fourth-order valence-electron chi connectivity index (χ4n) is 3.88. The normalized spacial score (nSPS) is 28.3. The lowest BCUT2D eigenvalue weighted by atomic mass is 9.92. The molecular formula is C17H26N2O2S2. The van der Waals surface area contributed by atoms with Gasteiger partial charge >= 0.3 is 0 Å². The van der Waals surface area contributed by atoms with E-state index in [1.165, 1.54) is 48.7 Å². The maximum absolute atomic E-state index is 6.23. The van der Waals surface area contributed by atoms with Gasteiger partial charge in [0.2, 0.25) is 0 Å². The van der Waals surface area contributed by atoms with Crippen LogP contribution in [0, 0.1) is 12.8 Å². The Labute approximate surface area is 146 Å². The highest BCUT2D eigenvalue weighted by atomic mass is 32.2. The van der Waals surface area contributed by atoms with Gasteiger partial charge in [-0.1, -0.05) is 0 Å². The van der Waals surface area contributed by atoms with Crippen molar-refractivity contribution in [3.8, 4) is 0 Å². The molecule has 6 heteroatoms. The zero-order valence-corrected chi connectivity index (χ0v) is 15.5. The number of aromatic nitrogens is 1. The zero-order valence-electron chi connectivity index (χ0n) is 13.8. The van der Waals surface area contributed by atoms with E-state index in [1.54, 1.807) is 11.3 Å². The summed E-state index contributed by atoms with van der Waals surface area (Å²) >= 11 is 3.93. The second-order valence-electron chi connectivity index (χ2n) is 7.22. The Bertz CT molecular complexity index is 524. The third kappa shape index (κ3) is 3.76. The van der Waals surface area contributed by atoms with Crippen molar-refractivity contribution in [2.45, 2.75) is 43.6 Å². The molecule has 1 atom stereocenters. The highest BCUT2D eigenvalue weighted by Gasteiger charge is 2.49. The van der Waals surface area contributed by atoms with Gasteiger partial charge in [-0.05, 0) is 32.1 Å². The van der Waals surface area contributed by atoms with Crippen LogP contribution in [0.4, 0.5) is 0 Å². The molecule has 1 aromatic rings. The molecule has 0 amide bonds. The van der Waals surface area contributed by atoms with E-state index in [-0.39, 0.29) is 0 Å². The standard InChI is InChI=1S/C17H26N2O2S2/c1-13-16(22-12-18-13)7-19-10-17(11-19)6-15(9-23-17)21-8-14-2-4-20-5-3-14/h12,14-15H,2-11H2,1H3/t15-/m0/s1. The van der Waals surface area contributed by atoms with E-state index in [2.05, 4.69) is 28.6 Å². The number of hydrogen-bond donors (Lipinski definition) is 0. The molecule has 0 radical (unpaired) electrons. The van der Waals surface area contributed by atoms with Crippen molar-refractivity contribution in [1.82, 2.24) is 9.88 Å². The second kappa shape index (κ2) is 7.00. The van der Waals surface area contributed by atoms with Gasteiger partial charge in [-0.15, -0.1) is 23.1 Å². The van der Waals surface area contributed by atoms with E-state index in [0.717, 1.165) is 32.3 Å². The number of ether oxygens (including phenoxy) is 2. The van der Waals surface area contributed by atoms with Crippen LogP contribution in [-0.2, 0) is 16.0 Å². The van der Waals surface area contributed by atoms with E-state index in [1.807, 2.05) is 5.51 Å². The predicted molar refractivity (Wildman–Crippen MR) is 95.2 cm³/mol. The van der Waals surface area contributed by atoms with E-state index in [4.69, 9.17) is 9.47 Å². The van der Waals surface area contributed by atoms with Crippen LogP contribution in [0.2, 0.25) is 0 Å². The molecule has 0 saturated carbocycles. The fourth-order valence-corrected chi connectivity index (χ4v) is 6.30. The molecule has 4 nitrogen and oxygen atoms in total. The summed E-state index contributed by atoms with van der Waals surface area (Å²) in [5.41, 5.74) is 3.16. The maximum atomic E-state index is 6.23. The molecule has 4 heterocycles. The van der Waals surface area contributed by atoms with Crippen LogP contribution in [0.15, 0.2) is 5.51 Å². The second-order valence-corrected chi connectivity index (χ2v) is 9.64. The fraction of sp³-hybridized carbons (Fsp3) is 0.824. The quantitative estimate of drug-likeness (QED) is 0.812. The Morgan fingerprint density at radius 1 is 1.39 bits per heavy atom. The average molecular weight is 355 g/mol. The summed E-state index contributed by atoms with van der Waals surface area (Å²) < 4.78 is 12.1. The van der Waals surface area contributed by atoms with Gasteiger partial charge in [0.1, 0.15) is 0 Å².